The molecule has 5 heteroatoms. The largest absolute Gasteiger partial charge is 0.465 e. The highest BCUT2D eigenvalue weighted by Gasteiger charge is 2.44. The molecule has 1 aliphatic carbocycles. The number of Topliss-reactive ketones (excluding diaryl/α,β-unsaturated/α-hetero) is 1. The molecule has 0 radical (unpaired) electrons. The molecule has 1 N–H and O–H groups in total. The second-order valence-corrected chi connectivity index (χ2v) is 8.65. The molecule has 2 aromatic rings. The smallest absolute Gasteiger partial charge is 0.255 e. The highest BCUT2D eigenvalue weighted by atomic mass is 19.1. The highest BCUT2D eigenvalue weighted by Crippen LogP contribution is 2.48. The number of ether oxygens (including phenoxy) is 1. The van der Waals surface area contributed by atoms with Gasteiger partial charge in [-0.3, -0.25) is 9.59 Å². The molecule has 2 aliphatic rings. The van der Waals surface area contributed by atoms with E-state index in [2.05, 4.69) is 5.32 Å². The van der Waals surface area contributed by atoms with E-state index in [0.717, 1.165) is 0 Å². The SMILES string of the molecule is CC1=C(C(=O)Nc2ccccc2)C(c2ccc(F)cc2)C2=C(CC(C)(C)CC2=O)O1. The molecule has 0 saturated carbocycles. The molecule has 0 aromatic heterocycles. The van der Waals surface area contributed by atoms with Crippen molar-refractivity contribution in [3.8, 4) is 0 Å². The minimum atomic E-state index is -0.596. The van der Waals surface area contributed by atoms with Crippen molar-refractivity contribution in [2.24, 2.45) is 5.41 Å². The quantitative estimate of drug-likeness (QED) is 0.734. The maximum atomic E-state index is 13.6. The maximum Gasteiger partial charge on any atom is 0.255 e. The third-order valence-electron chi connectivity index (χ3n) is 5.59. The molecule has 1 atom stereocenters. The molecule has 1 unspecified atom stereocenters. The van der Waals surface area contributed by atoms with E-state index in [4.69, 9.17) is 4.74 Å². The van der Waals surface area contributed by atoms with Gasteiger partial charge < -0.3 is 10.1 Å². The third-order valence-corrected chi connectivity index (χ3v) is 5.59. The lowest BCUT2D eigenvalue weighted by Crippen LogP contribution is -2.34. The zero-order valence-corrected chi connectivity index (χ0v) is 17.3. The summed E-state index contributed by atoms with van der Waals surface area (Å²) in [6.07, 6.45) is 0.982. The Morgan fingerprint density at radius 1 is 1.07 bits per heavy atom. The summed E-state index contributed by atoms with van der Waals surface area (Å²) in [5.74, 6) is -0.264. The molecular formula is C25H24FNO3. The number of para-hydroxylation sites is 1. The molecule has 0 spiro atoms. The van der Waals surface area contributed by atoms with Gasteiger partial charge in [-0.2, -0.15) is 0 Å². The molecule has 1 aliphatic heterocycles. The summed E-state index contributed by atoms with van der Waals surface area (Å²) in [5.41, 5.74) is 2.00. The Morgan fingerprint density at radius 2 is 1.73 bits per heavy atom. The first kappa shape index (κ1) is 20.1. The van der Waals surface area contributed by atoms with Crippen molar-refractivity contribution in [1.29, 1.82) is 0 Å². The van der Waals surface area contributed by atoms with Gasteiger partial charge in [0.15, 0.2) is 5.78 Å². The van der Waals surface area contributed by atoms with E-state index in [0.29, 0.717) is 46.8 Å². The third kappa shape index (κ3) is 3.80. The number of rotatable bonds is 3. The van der Waals surface area contributed by atoms with Crippen LogP contribution in [0.25, 0.3) is 0 Å². The van der Waals surface area contributed by atoms with Gasteiger partial charge in [-0.1, -0.05) is 44.2 Å². The molecule has 1 amide bonds. The van der Waals surface area contributed by atoms with Crippen LogP contribution in [0, 0.1) is 11.2 Å². The van der Waals surface area contributed by atoms with E-state index in [1.54, 1.807) is 31.2 Å². The number of amides is 1. The predicted octanol–water partition coefficient (Wildman–Crippen LogP) is 5.50. The molecule has 4 rings (SSSR count). The standard InChI is InChI=1S/C25H24FNO3/c1-15-21(24(29)27-18-7-5-4-6-8-18)22(16-9-11-17(26)12-10-16)23-19(28)13-25(2,3)14-20(23)30-15/h4-12,22H,13-14H2,1-3H3,(H,27,29). The van der Waals surface area contributed by atoms with E-state index in [9.17, 15) is 14.0 Å². The van der Waals surface area contributed by atoms with Crippen LogP contribution in [0.2, 0.25) is 0 Å². The Morgan fingerprint density at radius 3 is 2.40 bits per heavy atom. The van der Waals surface area contributed by atoms with Crippen molar-refractivity contribution >= 4 is 17.4 Å². The number of nitrogens with one attached hydrogen (secondary N) is 1. The lowest BCUT2D eigenvalue weighted by Gasteiger charge is -2.38. The monoisotopic (exact) mass is 405 g/mol. The average molecular weight is 405 g/mol. The Labute approximate surface area is 175 Å². The lowest BCUT2D eigenvalue weighted by molar-refractivity contribution is -0.119. The van der Waals surface area contributed by atoms with E-state index >= 15 is 0 Å². The summed E-state index contributed by atoms with van der Waals surface area (Å²) in [6, 6.07) is 15.1. The summed E-state index contributed by atoms with van der Waals surface area (Å²) in [7, 11) is 0. The van der Waals surface area contributed by atoms with Gasteiger partial charge in [0.2, 0.25) is 0 Å². The fraction of sp³-hybridized carbons (Fsp3) is 0.280. The fourth-order valence-corrected chi connectivity index (χ4v) is 4.28. The van der Waals surface area contributed by atoms with Gasteiger partial charge in [-0.15, -0.1) is 0 Å². The summed E-state index contributed by atoms with van der Waals surface area (Å²) < 4.78 is 19.6. The van der Waals surface area contributed by atoms with Crippen LogP contribution in [-0.2, 0) is 14.3 Å². The van der Waals surface area contributed by atoms with Crippen LogP contribution < -0.4 is 5.32 Å². The van der Waals surface area contributed by atoms with Crippen molar-refractivity contribution in [3.05, 3.63) is 88.6 Å². The van der Waals surface area contributed by atoms with Gasteiger partial charge in [-0.05, 0) is 42.2 Å². The van der Waals surface area contributed by atoms with E-state index in [-0.39, 0.29) is 22.9 Å². The summed E-state index contributed by atoms with van der Waals surface area (Å²) in [5, 5.41) is 2.89. The summed E-state index contributed by atoms with van der Waals surface area (Å²) in [6.45, 7) is 5.80. The van der Waals surface area contributed by atoms with Crippen LogP contribution in [0.1, 0.15) is 45.1 Å². The fourth-order valence-electron chi connectivity index (χ4n) is 4.28. The molecule has 4 nitrogen and oxygen atoms in total. The van der Waals surface area contributed by atoms with Crippen molar-refractivity contribution < 1.29 is 18.7 Å². The van der Waals surface area contributed by atoms with Crippen LogP contribution >= 0.6 is 0 Å². The van der Waals surface area contributed by atoms with Crippen molar-refractivity contribution in [3.63, 3.8) is 0 Å². The first-order valence-electron chi connectivity index (χ1n) is 10.0. The Kier molecular flexibility index (Phi) is 5.06. The number of carbonyl (C=O) groups is 2. The number of halogens is 1. The van der Waals surface area contributed by atoms with Crippen LogP contribution in [0.5, 0.6) is 0 Å². The molecule has 0 saturated heterocycles. The molecule has 0 bridgehead atoms. The number of hydrogen-bond acceptors (Lipinski definition) is 3. The normalized spacial score (nSPS) is 20.5. The Hall–Kier alpha value is -3.21. The second-order valence-electron chi connectivity index (χ2n) is 8.65. The van der Waals surface area contributed by atoms with Crippen molar-refractivity contribution in [1.82, 2.24) is 0 Å². The number of benzene rings is 2. The number of hydrogen-bond donors (Lipinski definition) is 1. The summed E-state index contributed by atoms with van der Waals surface area (Å²) >= 11 is 0. The van der Waals surface area contributed by atoms with Gasteiger partial charge in [0.05, 0.1) is 5.57 Å². The van der Waals surface area contributed by atoms with Gasteiger partial charge in [0.25, 0.3) is 5.91 Å². The average Bonchev–Trinajstić information content (AvgIpc) is 2.67. The molecule has 0 fully saturated rings. The highest BCUT2D eigenvalue weighted by molar-refractivity contribution is 6.09. The Balaban J connectivity index is 1.81. The number of ketones is 1. The van der Waals surface area contributed by atoms with E-state index in [1.165, 1.54) is 12.1 Å². The van der Waals surface area contributed by atoms with Crippen LogP contribution in [0.15, 0.2) is 77.3 Å². The number of carbonyl (C=O) groups excluding carboxylic acids is 2. The molecule has 1 heterocycles. The molecule has 154 valence electrons. The first-order valence-corrected chi connectivity index (χ1v) is 10.0. The van der Waals surface area contributed by atoms with Crippen LogP contribution in [0.3, 0.4) is 0 Å². The minimum Gasteiger partial charge on any atom is -0.465 e. The topological polar surface area (TPSA) is 55.4 Å². The van der Waals surface area contributed by atoms with Crippen molar-refractivity contribution in [2.45, 2.75) is 39.5 Å². The summed E-state index contributed by atoms with van der Waals surface area (Å²) in [4.78, 5) is 26.4. The molecular weight excluding hydrogens is 381 g/mol. The van der Waals surface area contributed by atoms with Crippen LogP contribution in [0.4, 0.5) is 10.1 Å². The maximum absolute atomic E-state index is 13.6. The predicted molar refractivity (Wildman–Crippen MR) is 113 cm³/mol. The zero-order valence-electron chi connectivity index (χ0n) is 17.3. The minimum absolute atomic E-state index is 0.0342. The van der Waals surface area contributed by atoms with E-state index in [1.807, 2.05) is 32.0 Å². The van der Waals surface area contributed by atoms with E-state index < -0.39 is 5.92 Å². The van der Waals surface area contributed by atoms with Crippen molar-refractivity contribution in [2.75, 3.05) is 5.32 Å². The molecule has 30 heavy (non-hydrogen) atoms. The number of anilines is 1. The van der Waals surface area contributed by atoms with Gasteiger partial charge in [0, 0.05) is 30.0 Å². The zero-order chi connectivity index (χ0) is 21.5. The second kappa shape index (κ2) is 7.56. The van der Waals surface area contributed by atoms with Gasteiger partial charge in [0.1, 0.15) is 17.3 Å². The van der Waals surface area contributed by atoms with Gasteiger partial charge >= 0.3 is 0 Å². The first-order chi connectivity index (χ1) is 14.2. The lowest BCUT2D eigenvalue weighted by atomic mass is 9.69. The molecule has 2 aromatic carbocycles. The number of allylic oxidation sites excluding steroid dienone is 3. The Bertz CT molecular complexity index is 1070. The van der Waals surface area contributed by atoms with Gasteiger partial charge in [-0.25, -0.2) is 4.39 Å². The van der Waals surface area contributed by atoms with Crippen LogP contribution in [-0.4, -0.2) is 11.7 Å².